The molecule has 0 aromatic carbocycles. The predicted molar refractivity (Wildman–Crippen MR) is 77.3 cm³/mol. The quantitative estimate of drug-likeness (QED) is 0.870. The van der Waals surface area contributed by atoms with Crippen LogP contribution >= 0.6 is 11.3 Å². The second kappa shape index (κ2) is 4.34. The third kappa shape index (κ3) is 1.71. The van der Waals surface area contributed by atoms with E-state index in [9.17, 15) is 0 Å². The molecule has 100 valence electrons. The van der Waals surface area contributed by atoms with Gasteiger partial charge in [-0.1, -0.05) is 6.42 Å². The van der Waals surface area contributed by atoms with Gasteiger partial charge in [-0.15, -0.1) is 21.5 Å². The van der Waals surface area contributed by atoms with Crippen LogP contribution in [0.2, 0.25) is 0 Å². The monoisotopic (exact) mass is 274 g/mol. The third-order valence-electron chi connectivity index (χ3n) is 4.28. The first-order chi connectivity index (χ1) is 9.34. The molecule has 0 spiro atoms. The van der Waals surface area contributed by atoms with Crippen LogP contribution in [0.1, 0.15) is 41.9 Å². The topological polar surface area (TPSA) is 56.7 Å². The van der Waals surface area contributed by atoms with Crippen LogP contribution in [-0.2, 0) is 25.8 Å². The Balaban J connectivity index is 1.87. The SMILES string of the molecule is Nc1sc2c(c1-c1nnc3n1CCCCC3)CCC2. The Labute approximate surface area is 116 Å². The minimum absolute atomic E-state index is 0.934. The summed E-state index contributed by atoms with van der Waals surface area (Å²) in [5, 5.41) is 9.80. The van der Waals surface area contributed by atoms with Crippen molar-refractivity contribution in [3.05, 3.63) is 16.3 Å². The van der Waals surface area contributed by atoms with Gasteiger partial charge >= 0.3 is 0 Å². The molecule has 1 aliphatic carbocycles. The Bertz CT molecular complexity index is 626. The van der Waals surface area contributed by atoms with Crippen LogP contribution in [0.5, 0.6) is 0 Å². The van der Waals surface area contributed by atoms with Gasteiger partial charge < -0.3 is 10.3 Å². The van der Waals surface area contributed by atoms with E-state index in [1.807, 2.05) is 0 Å². The molecule has 0 saturated carbocycles. The number of nitrogens with zero attached hydrogens (tertiary/aromatic N) is 3. The zero-order valence-electron chi connectivity index (χ0n) is 11.0. The Hall–Kier alpha value is -1.36. The van der Waals surface area contributed by atoms with Gasteiger partial charge in [0.1, 0.15) is 5.82 Å². The van der Waals surface area contributed by atoms with E-state index < -0.39 is 0 Å². The number of hydrogen-bond acceptors (Lipinski definition) is 4. The average Bonchev–Trinajstić information content (AvgIpc) is 3.00. The largest absolute Gasteiger partial charge is 0.390 e. The highest BCUT2D eigenvalue weighted by Crippen LogP contribution is 2.43. The lowest BCUT2D eigenvalue weighted by Crippen LogP contribution is -2.04. The molecule has 2 aromatic heterocycles. The lowest BCUT2D eigenvalue weighted by atomic mass is 10.1. The van der Waals surface area contributed by atoms with Gasteiger partial charge in [-0.25, -0.2) is 0 Å². The molecule has 2 aliphatic rings. The normalized spacial score (nSPS) is 18.1. The van der Waals surface area contributed by atoms with Crippen LogP contribution in [0.3, 0.4) is 0 Å². The molecule has 0 bridgehead atoms. The molecule has 5 heteroatoms. The van der Waals surface area contributed by atoms with Crippen molar-refractivity contribution < 1.29 is 0 Å². The minimum atomic E-state index is 0.934. The Morgan fingerprint density at radius 2 is 1.95 bits per heavy atom. The van der Waals surface area contributed by atoms with Crippen molar-refractivity contribution in [2.24, 2.45) is 0 Å². The van der Waals surface area contributed by atoms with Gasteiger partial charge in [0.15, 0.2) is 5.82 Å². The molecule has 0 radical (unpaired) electrons. The molecule has 0 amide bonds. The van der Waals surface area contributed by atoms with E-state index in [1.165, 1.54) is 48.1 Å². The van der Waals surface area contributed by atoms with Crippen LogP contribution in [0.25, 0.3) is 11.4 Å². The van der Waals surface area contributed by atoms with Gasteiger partial charge in [0.05, 0.1) is 10.6 Å². The summed E-state index contributed by atoms with van der Waals surface area (Å²) in [6.07, 6.45) is 8.40. The number of nitrogen functional groups attached to an aromatic ring is 1. The molecule has 2 aromatic rings. The number of fused-ring (bicyclic) bond motifs is 2. The lowest BCUT2D eigenvalue weighted by Gasteiger charge is -2.08. The number of thiophene rings is 1. The molecule has 0 unspecified atom stereocenters. The summed E-state index contributed by atoms with van der Waals surface area (Å²) in [4.78, 5) is 1.47. The Morgan fingerprint density at radius 1 is 1.00 bits per heavy atom. The molecule has 3 heterocycles. The lowest BCUT2D eigenvalue weighted by molar-refractivity contribution is 0.636. The van der Waals surface area contributed by atoms with Gasteiger partial charge in [-0.2, -0.15) is 0 Å². The van der Waals surface area contributed by atoms with E-state index in [2.05, 4.69) is 14.8 Å². The number of hydrogen-bond donors (Lipinski definition) is 1. The van der Waals surface area contributed by atoms with E-state index in [-0.39, 0.29) is 0 Å². The van der Waals surface area contributed by atoms with Gasteiger partial charge in [0, 0.05) is 17.8 Å². The Kier molecular flexibility index (Phi) is 2.62. The van der Waals surface area contributed by atoms with Crippen LogP contribution in [0, 0.1) is 0 Å². The standard InChI is InChI=1S/C14H18N4S/c15-13-12(9-5-4-6-10(9)19-13)14-17-16-11-7-2-1-3-8-18(11)14/h1-8,15H2. The van der Waals surface area contributed by atoms with Gasteiger partial charge in [0.25, 0.3) is 0 Å². The summed E-state index contributed by atoms with van der Waals surface area (Å²) in [7, 11) is 0. The van der Waals surface area contributed by atoms with Crippen molar-refractivity contribution in [1.82, 2.24) is 14.8 Å². The van der Waals surface area contributed by atoms with E-state index in [0.717, 1.165) is 36.0 Å². The molecule has 0 atom stereocenters. The molecular formula is C14H18N4S. The highest BCUT2D eigenvalue weighted by atomic mass is 32.1. The van der Waals surface area contributed by atoms with Crippen LogP contribution in [0.4, 0.5) is 5.00 Å². The van der Waals surface area contributed by atoms with Crippen molar-refractivity contribution in [3.63, 3.8) is 0 Å². The van der Waals surface area contributed by atoms with Crippen molar-refractivity contribution in [2.45, 2.75) is 51.5 Å². The molecule has 0 saturated heterocycles. The summed E-state index contributed by atoms with van der Waals surface area (Å²) < 4.78 is 2.31. The van der Waals surface area contributed by atoms with E-state index in [1.54, 1.807) is 11.3 Å². The predicted octanol–water partition coefficient (Wildman–Crippen LogP) is 2.80. The van der Waals surface area contributed by atoms with Gasteiger partial charge in [-0.05, 0) is 37.7 Å². The smallest absolute Gasteiger partial charge is 0.167 e. The van der Waals surface area contributed by atoms with Crippen molar-refractivity contribution >= 4 is 16.3 Å². The first-order valence-electron chi connectivity index (χ1n) is 7.17. The maximum atomic E-state index is 6.25. The Morgan fingerprint density at radius 3 is 2.89 bits per heavy atom. The molecule has 2 N–H and O–H groups in total. The summed E-state index contributed by atoms with van der Waals surface area (Å²) in [6.45, 7) is 1.04. The maximum Gasteiger partial charge on any atom is 0.167 e. The van der Waals surface area contributed by atoms with Crippen LogP contribution in [-0.4, -0.2) is 14.8 Å². The fraction of sp³-hybridized carbons (Fsp3) is 0.571. The molecule has 19 heavy (non-hydrogen) atoms. The summed E-state index contributed by atoms with van der Waals surface area (Å²) >= 11 is 1.75. The van der Waals surface area contributed by atoms with Crippen molar-refractivity contribution in [2.75, 3.05) is 5.73 Å². The summed E-state index contributed by atoms with van der Waals surface area (Å²) in [5.41, 5.74) is 8.89. The minimum Gasteiger partial charge on any atom is -0.390 e. The average molecular weight is 274 g/mol. The first-order valence-corrected chi connectivity index (χ1v) is 7.98. The molecule has 4 rings (SSSR count). The highest BCUT2D eigenvalue weighted by Gasteiger charge is 2.26. The second-order valence-corrected chi connectivity index (χ2v) is 6.64. The zero-order valence-corrected chi connectivity index (χ0v) is 11.8. The van der Waals surface area contributed by atoms with Crippen molar-refractivity contribution in [1.29, 1.82) is 0 Å². The number of aryl methyl sites for hydroxylation is 2. The molecule has 4 nitrogen and oxygen atoms in total. The number of rotatable bonds is 1. The maximum absolute atomic E-state index is 6.25. The second-order valence-electron chi connectivity index (χ2n) is 5.50. The number of nitrogens with two attached hydrogens (primary N) is 1. The summed E-state index contributed by atoms with van der Waals surface area (Å²) in [5.74, 6) is 2.17. The number of anilines is 1. The first kappa shape index (κ1) is 11.5. The zero-order chi connectivity index (χ0) is 12.8. The third-order valence-corrected chi connectivity index (χ3v) is 5.40. The van der Waals surface area contributed by atoms with E-state index in [0.29, 0.717) is 0 Å². The molecule has 0 fully saturated rings. The summed E-state index contributed by atoms with van der Waals surface area (Å²) in [6, 6.07) is 0. The van der Waals surface area contributed by atoms with Gasteiger partial charge in [-0.3, -0.25) is 0 Å². The fourth-order valence-electron chi connectivity index (χ4n) is 3.34. The fourth-order valence-corrected chi connectivity index (χ4v) is 4.50. The van der Waals surface area contributed by atoms with E-state index in [4.69, 9.17) is 5.73 Å². The van der Waals surface area contributed by atoms with Gasteiger partial charge in [0.2, 0.25) is 0 Å². The highest BCUT2D eigenvalue weighted by molar-refractivity contribution is 7.16. The molecule has 1 aliphatic heterocycles. The molecular weight excluding hydrogens is 256 g/mol. The van der Waals surface area contributed by atoms with Crippen molar-refractivity contribution in [3.8, 4) is 11.4 Å². The van der Waals surface area contributed by atoms with Crippen LogP contribution in [0.15, 0.2) is 0 Å². The number of aromatic nitrogens is 3. The van der Waals surface area contributed by atoms with E-state index >= 15 is 0 Å². The van der Waals surface area contributed by atoms with Crippen LogP contribution < -0.4 is 5.73 Å².